The highest BCUT2D eigenvalue weighted by Crippen LogP contribution is 2.23. The number of aryl methyl sites for hydroxylation is 1. The second-order valence-corrected chi connectivity index (χ2v) is 6.53. The van der Waals surface area contributed by atoms with E-state index in [1.165, 1.54) is 5.56 Å². The standard InChI is InChI=1S/C14H10BrClINO/c1-8-2-4-10(7-13(8)17)18-14(19)11-5-3-9(15)6-12(11)16/h2-7H,1H3,(H,18,19). The Hall–Kier alpha value is -0.590. The molecule has 0 aliphatic rings. The van der Waals surface area contributed by atoms with E-state index in [9.17, 15) is 4.79 Å². The summed E-state index contributed by atoms with van der Waals surface area (Å²) in [6, 6.07) is 11.0. The van der Waals surface area contributed by atoms with Gasteiger partial charge in [-0.05, 0) is 65.4 Å². The molecule has 0 aliphatic carbocycles. The fourth-order valence-electron chi connectivity index (χ4n) is 1.54. The SMILES string of the molecule is Cc1ccc(NC(=O)c2ccc(Br)cc2Cl)cc1I. The molecule has 98 valence electrons. The molecule has 0 bridgehead atoms. The van der Waals surface area contributed by atoms with E-state index in [4.69, 9.17) is 11.6 Å². The highest BCUT2D eigenvalue weighted by atomic mass is 127. The molecule has 2 nitrogen and oxygen atoms in total. The molecule has 0 spiro atoms. The van der Waals surface area contributed by atoms with E-state index in [2.05, 4.69) is 43.8 Å². The van der Waals surface area contributed by atoms with Gasteiger partial charge in [0.15, 0.2) is 0 Å². The molecule has 1 N–H and O–H groups in total. The highest BCUT2D eigenvalue weighted by molar-refractivity contribution is 14.1. The zero-order valence-corrected chi connectivity index (χ0v) is 14.5. The maximum Gasteiger partial charge on any atom is 0.257 e. The van der Waals surface area contributed by atoms with Crippen molar-refractivity contribution in [3.8, 4) is 0 Å². The maximum absolute atomic E-state index is 12.1. The van der Waals surface area contributed by atoms with Gasteiger partial charge in [0.1, 0.15) is 0 Å². The van der Waals surface area contributed by atoms with Gasteiger partial charge in [0, 0.05) is 13.7 Å². The molecule has 0 aromatic heterocycles. The van der Waals surface area contributed by atoms with E-state index in [0.29, 0.717) is 10.6 Å². The van der Waals surface area contributed by atoms with Gasteiger partial charge < -0.3 is 5.32 Å². The Morgan fingerprint density at radius 3 is 2.63 bits per heavy atom. The van der Waals surface area contributed by atoms with Crippen LogP contribution in [0.1, 0.15) is 15.9 Å². The largest absolute Gasteiger partial charge is 0.322 e. The Kier molecular flexibility index (Phi) is 4.86. The van der Waals surface area contributed by atoms with Crippen molar-refractivity contribution in [3.63, 3.8) is 0 Å². The predicted molar refractivity (Wildman–Crippen MR) is 91.0 cm³/mol. The van der Waals surface area contributed by atoms with Gasteiger partial charge >= 0.3 is 0 Å². The molecule has 5 heteroatoms. The number of halogens is 3. The van der Waals surface area contributed by atoms with Gasteiger partial charge in [-0.25, -0.2) is 0 Å². The summed E-state index contributed by atoms with van der Waals surface area (Å²) in [5.74, 6) is -0.211. The van der Waals surface area contributed by atoms with Crippen molar-refractivity contribution in [1.29, 1.82) is 0 Å². The number of anilines is 1. The fraction of sp³-hybridized carbons (Fsp3) is 0.0714. The van der Waals surface area contributed by atoms with Gasteiger partial charge in [-0.2, -0.15) is 0 Å². The number of hydrogen-bond acceptors (Lipinski definition) is 1. The summed E-state index contributed by atoms with van der Waals surface area (Å²) in [6.45, 7) is 2.03. The minimum Gasteiger partial charge on any atom is -0.322 e. The van der Waals surface area contributed by atoms with Crippen LogP contribution in [0.5, 0.6) is 0 Å². The smallest absolute Gasteiger partial charge is 0.257 e. The second-order valence-electron chi connectivity index (χ2n) is 4.04. The van der Waals surface area contributed by atoms with Crippen LogP contribution in [0.15, 0.2) is 40.9 Å². The first kappa shape index (κ1) is 14.8. The van der Waals surface area contributed by atoms with E-state index >= 15 is 0 Å². The van der Waals surface area contributed by atoms with Gasteiger partial charge in [-0.1, -0.05) is 33.6 Å². The van der Waals surface area contributed by atoms with Gasteiger partial charge in [-0.15, -0.1) is 0 Å². The molecule has 0 aliphatic heterocycles. The second kappa shape index (κ2) is 6.24. The molecular formula is C14H10BrClINO. The fourth-order valence-corrected chi connectivity index (χ4v) is 2.82. The molecular weight excluding hydrogens is 440 g/mol. The quantitative estimate of drug-likeness (QED) is 0.621. The topological polar surface area (TPSA) is 29.1 Å². The van der Waals surface area contributed by atoms with Crippen molar-refractivity contribution in [1.82, 2.24) is 0 Å². The number of amides is 1. The average Bonchev–Trinajstić information content (AvgIpc) is 2.33. The molecule has 0 unspecified atom stereocenters. The Bertz CT molecular complexity index is 645. The molecule has 2 rings (SSSR count). The van der Waals surface area contributed by atoms with Crippen molar-refractivity contribution in [3.05, 3.63) is 60.6 Å². The zero-order chi connectivity index (χ0) is 14.0. The minimum absolute atomic E-state index is 0.211. The lowest BCUT2D eigenvalue weighted by Gasteiger charge is -2.08. The van der Waals surface area contributed by atoms with Crippen molar-refractivity contribution in [2.24, 2.45) is 0 Å². The third kappa shape index (κ3) is 3.70. The van der Waals surface area contributed by atoms with Gasteiger partial charge in [-0.3, -0.25) is 4.79 Å². The van der Waals surface area contributed by atoms with Crippen molar-refractivity contribution < 1.29 is 4.79 Å². The van der Waals surface area contributed by atoms with Crippen molar-refractivity contribution in [2.75, 3.05) is 5.32 Å². The molecule has 0 atom stereocenters. The maximum atomic E-state index is 12.1. The number of nitrogens with one attached hydrogen (secondary N) is 1. The molecule has 0 heterocycles. The van der Waals surface area contributed by atoms with Crippen molar-refractivity contribution >= 4 is 61.7 Å². The van der Waals surface area contributed by atoms with Crippen LogP contribution in [0.4, 0.5) is 5.69 Å². The van der Waals surface area contributed by atoms with Crippen LogP contribution in [0.25, 0.3) is 0 Å². The van der Waals surface area contributed by atoms with E-state index in [1.807, 2.05) is 25.1 Å². The van der Waals surface area contributed by atoms with Crippen LogP contribution in [-0.4, -0.2) is 5.91 Å². The number of hydrogen-bond donors (Lipinski definition) is 1. The summed E-state index contributed by atoms with van der Waals surface area (Å²) in [4.78, 5) is 12.1. The normalized spacial score (nSPS) is 10.3. The van der Waals surface area contributed by atoms with E-state index in [-0.39, 0.29) is 5.91 Å². The van der Waals surface area contributed by atoms with Crippen LogP contribution >= 0.6 is 50.1 Å². The Morgan fingerprint density at radius 2 is 2.00 bits per heavy atom. The minimum atomic E-state index is -0.211. The third-order valence-electron chi connectivity index (χ3n) is 2.61. The molecule has 19 heavy (non-hydrogen) atoms. The summed E-state index contributed by atoms with van der Waals surface area (Å²) in [7, 11) is 0. The van der Waals surface area contributed by atoms with Gasteiger partial charge in [0.25, 0.3) is 5.91 Å². The first-order valence-electron chi connectivity index (χ1n) is 5.50. The summed E-state index contributed by atoms with van der Waals surface area (Å²) >= 11 is 11.6. The van der Waals surface area contributed by atoms with E-state index in [0.717, 1.165) is 13.7 Å². The first-order chi connectivity index (χ1) is 8.97. The van der Waals surface area contributed by atoms with Crippen LogP contribution < -0.4 is 5.32 Å². The number of rotatable bonds is 2. The zero-order valence-electron chi connectivity index (χ0n) is 10.0. The number of carbonyl (C=O) groups is 1. The van der Waals surface area contributed by atoms with Gasteiger partial charge in [0.05, 0.1) is 10.6 Å². The van der Waals surface area contributed by atoms with Crippen LogP contribution in [0.3, 0.4) is 0 Å². The first-order valence-corrected chi connectivity index (χ1v) is 7.75. The predicted octanol–water partition coefficient (Wildman–Crippen LogP) is 5.27. The number of carbonyl (C=O) groups excluding carboxylic acids is 1. The molecule has 0 saturated heterocycles. The molecule has 0 fully saturated rings. The average molecular weight is 451 g/mol. The van der Waals surface area contributed by atoms with E-state index < -0.39 is 0 Å². The third-order valence-corrected chi connectivity index (χ3v) is 4.57. The molecule has 2 aromatic rings. The van der Waals surface area contributed by atoms with Crippen molar-refractivity contribution in [2.45, 2.75) is 6.92 Å². The highest BCUT2D eigenvalue weighted by Gasteiger charge is 2.11. The number of benzene rings is 2. The molecule has 0 radical (unpaired) electrons. The molecule has 0 saturated carbocycles. The summed E-state index contributed by atoms with van der Waals surface area (Å²) in [5, 5.41) is 3.27. The monoisotopic (exact) mass is 449 g/mol. The molecule has 2 aromatic carbocycles. The lowest BCUT2D eigenvalue weighted by atomic mass is 10.2. The van der Waals surface area contributed by atoms with E-state index in [1.54, 1.807) is 18.2 Å². The van der Waals surface area contributed by atoms with Crippen LogP contribution in [0.2, 0.25) is 5.02 Å². The lowest BCUT2D eigenvalue weighted by Crippen LogP contribution is -2.12. The van der Waals surface area contributed by atoms with Crippen LogP contribution in [0, 0.1) is 10.5 Å². The van der Waals surface area contributed by atoms with Gasteiger partial charge in [0.2, 0.25) is 0 Å². The summed E-state index contributed by atoms with van der Waals surface area (Å²) in [6.07, 6.45) is 0. The Labute approximate surface area is 138 Å². The summed E-state index contributed by atoms with van der Waals surface area (Å²) in [5.41, 5.74) is 2.40. The summed E-state index contributed by atoms with van der Waals surface area (Å²) < 4.78 is 1.95. The van der Waals surface area contributed by atoms with Crippen LogP contribution in [-0.2, 0) is 0 Å². The lowest BCUT2D eigenvalue weighted by molar-refractivity contribution is 0.102. The molecule has 1 amide bonds. The Balaban J connectivity index is 2.23. The Morgan fingerprint density at radius 1 is 1.26 bits per heavy atom.